The van der Waals surface area contributed by atoms with Crippen molar-refractivity contribution in [2.45, 2.75) is 23.4 Å². The first-order chi connectivity index (χ1) is 16.8. The molecule has 1 aliphatic carbocycles. The van der Waals surface area contributed by atoms with Gasteiger partial charge in [0.2, 0.25) is 0 Å². The van der Waals surface area contributed by atoms with Gasteiger partial charge in [-0.25, -0.2) is 4.79 Å². The van der Waals surface area contributed by atoms with E-state index in [1.807, 2.05) is 0 Å². The first-order valence-corrected chi connectivity index (χ1v) is 13.6. The molecule has 1 aliphatic rings. The van der Waals surface area contributed by atoms with Gasteiger partial charge in [-0.3, -0.25) is 13.2 Å². The molecule has 36 heavy (non-hydrogen) atoms. The average Bonchev–Trinajstić information content (AvgIpc) is 3.34. The van der Waals surface area contributed by atoms with Crippen LogP contribution in [0.15, 0.2) is 60.7 Å². The molecule has 0 bridgehead atoms. The third-order valence-electron chi connectivity index (χ3n) is 5.58. The summed E-state index contributed by atoms with van der Waals surface area (Å²) in [5, 5.41) is 10.7. The highest BCUT2D eigenvalue weighted by Crippen LogP contribution is 2.58. The van der Waals surface area contributed by atoms with Gasteiger partial charge in [0.05, 0.1) is 0 Å². The lowest BCUT2D eigenvalue weighted by Gasteiger charge is -2.32. The zero-order valence-electron chi connectivity index (χ0n) is 17.7. The Hall–Kier alpha value is -2.65. The minimum absolute atomic E-state index is 0.118. The highest BCUT2D eigenvalue weighted by molar-refractivity contribution is 7.93. The van der Waals surface area contributed by atoms with E-state index in [0.717, 1.165) is 33.3 Å². The summed E-state index contributed by atoms with van der Waals surface area (Å²) >= 11 is 3.91. The Kier molecular flexibility index (Phi) is 6.85. The number of halogens is 4. The molecule has 192 valence electrons. The number of anilines is 2. The Labute approximate surface area is 214 Å². The molecule has 8 nitrogen and oxygen atoms in total. The summed E-state index contributed by atoms with van der Waals surface area (Å²) in [6, 6.07) is 14.6. The molecular weight excluding hydrogens is 565 g/mol. The number of aliphatic carboxylic acids is 1. The van der Waals surface area contributed by atoms with Crippen LogP contribution in [0.5, 0.6) is 0 Å². The molecule has 2 aromatic carbocycles. The van der Waals surface area contributed by atoms with E-state index in [-0.39, 0.29) is 17.0 Å². The largest absolute Gasteiger partial charge is 0.755 e. The summed E-state index contributed by atoms with van der Waals surface area (Å²) in [5.41, 5.74) is -7.05. The third kappa shape index (κ3) is 4.83. The average molecular weight is 580 g/mol. The zero-order chi connectivity index (χ0) is 26.5. The number of carboxylic acids is 1. The lowest BCUT2D eigenvalue weighted by Crippen LogP contribution is -2.46. The van der Waals surface area contributed by atoms with E-state index in [2.05, 4.69) is 0 Å². The lowest BCUT2D eigenvalue weighted by atomic mass is 10.1. The molecule has 2 N–H and O–H groups in total. The Bertz CT molecular complexity index is 1450. The van der Waals surface area contributed by atoms with Crippen LogP contribution in [-0.4, -0.2) is 39.3 Å². The van der Waals surface area contributed by atoms with Gasteiger partial charge in [-0.15, -0.1) is 11.3 Å². The summed E-state index contributed by atoms with van der Waals surface area (Å²) in [7, 11) is -5.70. The number of carbonyl (C=O) groups is 1. The summed E-state index contributed by atoms with van der Waals surface area (Å²) in [6.07, 6.45) is -0.181. The Morgan fingerprint density at radius 1 is 1.19 bits per heavy atom. The second kappa shape index (κ2) is 9.34. The van der Waals surface area contributed by atoms with Crippen LogP contribution in [0.25, 0.3) is 10.4 Å². The van der Waals surface area contributed by atoms with Gasteiger partial charge in [-0.05, 0) is 53.9 Å². The highest BCUT2D eigenvalue weighted by atomic mass is 35.5. The molecule has 0 amide bonds. The molecule has 3 atom stereocenters. The van der Waals surface area contributed by atoms with Crippen LogP contribution in [0.4, 0.5) is 23.9 Å². The number of hydrogen-bond acceptors (Lipinski definition) is 6. The summed E-state index contributed by atoms with van der Waals surface area (Å²) in [4.78, 5) is 13.0. The number of hydrogen-bond donors (Lipinski definition) is 2. The van der Waals surface area contributed by atoms with Crippen molar-refractivity contribution in [3.8, 4) is 10.4 Å². The number of rotatable bonds is 8. The summed E-state index contributed by atoms with van der Waals surface area (Å²) < 4.78 is 87.8. The number of benzene rings is 2. The van der Waals surface area contributed by atoms with E-state index in [4.69, 9.17) is 11.6 Å². The lowest BCUT2D eigenvalue weighted by molar-refractivity contribution is -0.139. The normalized spacial score (nSPS) is 20.5. The quantitative estimate of drug-likeness (QED) is 0.364. The first kappa shape index (κ1) is 26.4. The van der Waals surface area contributed by atoms with E-state index in [1.54, 1.807) is 30.3 Å². The van der Waals surface area contributed by atoms with Crippen LogP contribution in [0.1, 0.15) is 17.9 Å². The van der Waals surface area contributed by atoms with E-state index >= 15 is 0 Å². The van der Waals surface area contributed by atoms with Crippen LogP contribution in [0.3, 0.4) is 0 Å². The van der Waals surface area contributed by atoms with Crippen molar-refractivity contribution in [1.82, 2.24) is 0 Å². The number of alkyl halides is 3. The monoisotopic (exact) mass is 579 g/mol. The van der Waals surface area contributed by atoms with E-state index in [0.29, 0.717) is 9.90 Å². The van der Waals surface area contributed by atoms with Gasteiger partial charge >= 0.3 is 21.5 Å². The van der Waals surface area contributed by atoms with Gasteiger partial charge in [-0.2, -0.15) is 21.6 Å². The second-order valence-electron chi connectivity index (χ2n) is 7.82. The van der Waals surface area contributed by atoms with Crippen LogP contribution in [-0.2, 0) is 26.1 Å². The minimum Gasteiger partial charge on any atom is -0.755 e. The standard InChI is InChI=1S/C21H16ClF3N2O6S3/c22-14-6-4-12(5-7-14)17-8-9-18(34-17)27(35(30)31)20(19(28)29)11-16(20)13-2-1-3-15(10-13)26-36(32,33)21(23,24)25/h1-10,16,26H,11H2,(H,28,29)(H,30,31)/p-1. The molecule has 4 rings (SSSR count). The molecule has 1 heterocycles. The number of thiophene rings is 1. The molecule has 0 saturated heterocycles. The third-order valence-corrected chi connectivity index (χ3v) is 9.00. The second-order valence-corrected chi connectivity index (χ2v) is 11.8. The molecule has 1 saturated carbocycles. The molecule has 1 fully saturated rings. The topological polar surface area (TPSA) is 127 Å². The predicted octanol–water partition coefficient (Wildman–Crippen LogP) is 4.94. The molecule has 0 aliphatic heterocycles. The molecular formula is C21H15ClF3N2O6S3-. The van der Waals surface area contributed by atoms with Gasteiger partial charge in [-0.1, -0.05) is 35.9 Å². The molecule has 0 spiro atoms. The predicted molar refractivity (Wildman–Crippen MR) is 129 cm³/mol. The van der Waals surface area contributed by atoms with Crippen LogP contribution < -0.4 is 9.03 Å². The van der Waals surface area contributed by atoms with Crippen molar-refractivity contribution in [2.75, 3.05) is 9.03 Å². The van der Waals surface area contributed by atoms with E-state index in [9.17, 15) is 40.3 Å². The van der Waals surface area contributed by atoms with Crippen molar-refractivity contribution in [1.29, 1.82) is 0 Å². The Morgan fingerprint density at radius 3 is 2.44 bits per heavy atom. The molecule has 3 unspecified atom stereocenters. The summed E-state index contributed by atoms with van der Waals surface area (Å²) in [6.45, 7) is 0. The minimum atomic E-state index is -5.70. The summed E-state index contributed by atoms with van der Waals surface area (Å²) in [5.74, 6) is -2.41. The number of sulfonamides is 1. The zero-order valence-corrected chi connectivity index (χ0v) is 20.9. The fourth-order valence-corrected chi connectivity index (χ4v) is 6.56. The Morgan fingerprint density at radius 2 is 1.86 bits per heavy atom. The maximum absolute atomic E-state index is 12.7. The maximum atomic E-state index is 12.7. The van der Waals surface area contributed by atoms with Gasteiger partial charge in [0.15, 0.2) is 5.54 Å². The smallest absolute Gasteiger partial charge is 0.516 e. The number of nitrogens with zero attached hydrogens (tertiary/aromatic N) is 1. The van der Waals surface area contributed by atoms with Crippen LogP contribution in [0, 0.1) is 0 Å². The molecule has 0 radical (unpaired) electrons. The van der Waals surface area contributed by atoms with Gasteiger partial charge in [0.1, 0.15) is 5.00 Å². The fourth-order valence-electron chi connectivity index (χ4n) is 3.83. The van der Waals surface area contributed by atoms with Crippen molar-refractivity contribution in [3.05, 3.63) is 71.2 Å². The highest BCUT2D eigenvalue weighted by Gasteiger charge is 2.66. The van der Waals surface area contributed by atoms with Gasteiger partial charge < -0.3 is 9.66 Å². The molecule has 1 aromatic heterocycles. The van der Waals surface area contributed by atoms with Crippen molar-refractivity contribution < 1.29 is 40.3 Å². The molecule has 3 aromatic rings. The fraction of sp³-hybridized carbons (Fsp3) is 0.190. The number of nitrogens with one attached hydrogen (secondary N) is 1. The maximum Gasteiger partial charge on any atom is 0.516 e. The molecule has 15 heteroatoms. The Balaban J connectivity index is 1.68. The van der Waals surface area contributed by atoms with Gasteiger partial charge in [0, 0.05) is 32.8 Å². The van der Waals surface area contributed by atoms with Crippen LogP contribution in [0.2, 0.25) is 5.02 Å². The van der Waals surface area contributed by atoms with Crippen LogP contribution >= 0.6 is 22.9 Å². The number of carboxylic acid groups (broad SMARTS) is 1. The van der Waals surface area contributed by atoms with E-state index < -0.39 is 49.9 Å². The van der Waals surface area contributed by atoms with Crippen molar-refractivity contribution >= 4 is 60.9 Å². The first-order valence-electron chi connectivity index (χ1n) is 9.94. The van der Waals surface area contributed by atoms with Crippen molar-refractivity contribution in [3.63, 3.8) is 0 Å². The SMILES string of the molecule is O=C(O)C1(N(c2ccc(-c3ccc(Cl)cc3)s2)S(=O)[O-])CC1c1cccc(NS(=O)(=O)C(F)(F)F)c1. The van der Waals surface area contributed by atoms with Crippen molar-refractivity contribution in [2.24, 2.45) is 0 Å². The van der Waals surface area contributed by atoms with E-state index in [1.165, 1.54) is 22.9 Å². The van der Waals surface area contributed by atoms with Gasteiger partial charge in [0.25, 0.3) is 0 Å².